The van der Waals surface area contributed by atoms with Crippen molar-refractivity contribution >= 4 is 23.8 Å². The number of hydrogen-bond donors (Lipinski definition) is 0. The maximum Gasteiger partial charge on any atom is 0.308 e. The minimum atomic E-state index is -0.528. The van der Waals surface area contributed by atoms with Crippen LogP contribution in [0.5, 0.6) is 28.7 Å². The van der Waals surface area contributed by atoms with Gasteiger partial charge in [-0.1, -0.05) is 24.3 Å². The number of hydrogen-bond acceptors (Lipinski definition) is 9. The molecule has 0 aliphatic heterocycles. The number of nitrogens with zero attached hydrogens (tertiary/aromatic N) is 1. The molecule has 3 rings (SSSR count). The van der Waals surface area contributed by atoms with Crippen molar-refractivity contribution in [2.45, 2.75) is 26.9 Å². The van der Waals surface area contributed by atoms with Crippen LogP contribution < -0.4 is 23.7 Å². The molecule has 0 saturated heterocycles. The fourth-order valence-electron chi connectivity index (χ4n) is 3.92. The van der Waals surface area contributed by atoms with Crippen LogP contribution in [0.3, 0.4) is 0 Å². The zero-order valence-electron chi connectivity index (χ0n) is 23.4. The molecule has 0 amide bonds. The Bertz CT molecular complexity index is 1400. The first kappa shape index (κ1) is 29.8. The Kier molecular flexibility index (Phi) is 10.4. The number of methoxy groups -OCH3 is 4. The van der Waals surface area contributed by atoms with Crippen molar-refractivity contribution in [3.8, 4) is 28.7 Å². The lowest BCUT2D eigenvalue weighted by molar-refractivity contribution is -0.385. The van der Waals surface area contributed by atoms with Gasteiger partial charge in [-0.15, -0.1) is 0 Å². The van der Waals surface area contributed by atoms with E-state index in [0.29, 0.717) is 11.5 Å². The third kappa shape index (κ3) is 7.43. The average Bonchev–Trinajstić information content (AvgIpc) is 2.96. The molecular weight excluding hydrogens is 518 g/mol. The van der Waals surface area contributed by atoms with Gasteiger partial charge in [-0.25, -0.2) is 0 Å². The summed E-state index contributed by atoms with van der Waals surface area (Å²) in [4.78, 5) is 22.7. The van der Waals surface area contributed by atoms with Crippen molar-refractivity contribution in [2.24, 2.45) is 0 Å². The second-order valence-corrected chi connectivity index (χ2v) is 8.76. The van der Waals surface area contributed by atoms with Crippen molar-refractivity contribution in [1.29, 1.82) is 0 Å². The number of benzene rings is 3. The predicted octanol–water partition coefficient (Wildman–Crippen LogP) is 5.93. The van der Waals surface area contributed by atoms with Gasteiger partial charge in [-0.2, -0.15) is 0 Å². The summed E-state index contributed by atoms with van der Waals surface area (Å²) in [6.45, 7) is 3.89. The largest absolute Gasteiger partial charge is 0.496 e. The van der Waals surface area contributed by atoms with Gasteiger partial charge in [0, 0.05) is 0 Å². The maximum absolute atomic E-state index is 11.8. The quantitative estimate of drug-likeness (QED) is 0.110. The molecule has 3 aromatic rings. The summed E-state index contributed by atoms with van der Waals surface area (Å²) in [5, 5.41) is 11.8. The number of nitro groups is 1. The van der Waals surface area contributed by atoms with Gasteiger partial charge in [0.25, 0.3) is 5.69 Å². The van der Waals surface area contributed by atoms with Gasteiger partial charge < -0.3 is 28.4 Å². The maximum atomic E-state index is 11.8. The highest BCUT2D eigenvalue weighted by Crippen LogP contribution is 2.37. The number of rotatable bonds is 13. The van der Waals surface area contributed by atoms with Gasteiger partial charge in [0.05, 0.1) is 58.0 Å². The standard InChI is InChI=1S/C30H33NO9/c1-19-13-22(15-26(36-4)20(19)2)8-7-21-9-10-25(35-3)28(14-21)40-18-23-16-27(37-5)29(17-24(23)31(33)34)39-12-11-30(32)38-6/h7-10,13-17H,11-12,18H2,1-6H3/b8-7+. The van der Waals surface area contributed by atoms with Gasteiger partial charge in [0.2, 0.25) is 0 Å². The molecule has 0 atom stereocenters. The van der Waals surface area contributed by atoms with Gasteiger partial charge in [-0.3, -0.25) is 14.9 Å². The highest BCUT2D eigenvalue weighted by molar-refractivity contribution is 5.72. The predicted molar refractivity (Wildman–Crippen MR) is 150 cm³/mol. The van der Waals surface area contributed by atoms with E-state index in [9.17, 15) is 14.9 Å². The lowest BCUT2D eigenvalue weighted by Gasteiger charge is -2.14. The summed E-state index contributed by atoms with van der Waals surface area (Å²) in [6.07, 6.45) is 3.89. The molecule has 0 aliphatic carbocycles. The summed E-state index contributed by atoms with van der Waals surface area (Å²) < 4.78 is 32.4. The zero-order valence-corrected chi connectivity index (χ0v) is 23.4. The van der Waals surface area contributed by atoms with E-state index < -0.39 is 10.9 Å². The third-order valence-electron chi connectivity index (χ3n) is 6.25. The monoisotopic (exact) mass is 551 g/mol. The molecule has 0 unspecified atom stereocenters. The van der Waals surface area contributed by atoms with E-state index in [0.717, 1.165) is 28.0 Å². The number of aryl methyl sites for hydroxylation is 1. The van der Waals surface area contributed by atoms with Crippen LogP contribution in [0.4, 0.5) is 5.69 Å². The van der Waals surface area contributed by atoms with E-state index >= 15 is 0 Å². The van der Waals surface area contributed by atoms with Gasteiger partial charge in [0.15, 0.2) is 23.0 Å². The first-order valence-corrected chi connectivity index (χ1v) is 12.4. The lowest BCUT2D eigenvalue weighted by atomic mass is 10.0. The molecule has 0 radical (unpaired) electrons. The fourth-order valence-corrected chi connectivity index (χ4v) is 3.92. The Balaban J connectivity index is 1.84. The van der Waals surface area contributed by atoms with E-state index in [1.807, 2.05) is 38.1 Å². The van der Waals surface area contributed by atoms with Gasteiger partial charge >= 0.3 is 5.97 Å². The first-order valence-electron chi connectivity index (χ1n) is 12.4. The molecule has 0 aromatic heterocycles. The highest BCUT2D eigenvalue weighted by Gasteiger charge is 2.21. The van der Waals surface area contributed by atoms with Crippen LogP contribution in [0, 0.1) is 24.0 Å². The third-order valence-corrected chi connectivity index (χ3v) is 6.25. The molecule has 40 heavy (non-hydrogen) atoms. The summed E-state index contributed by atoms with van der Waals surface area (Å²) in [5.41, 5.74) is 4.09. The zero-order chi connectivity index (χ0) is 29.2. The van der Waals surface area contributed by atoms with E-state index in [4.69, 9.17) is 23.7 Å². The van der Waals surface area contributed by atoms with Crippen molar-refractivity contribution in [1.82, 2.24) is 0 Å². The minimum absolute atomic E-state index is 0.0139. The van der Waals surface area contributed by atoms with Crippen LogP contribution in [-0.2, 0) is 16.1 Å². The second-order valence-electron chi connectivity index (χ2n) is 8.76. The SMILES string of the molecule is COC(=O)CCOc1cc([N+](=O)[O-])c(COc2cc(/C=C/c3cc(C)c(C)c(OC)c3)ccc2OC)cc1OC. The molecule has 0 heterocycles. The molecular formula is C30H33NO9. The van der Waals surface area contributed by atoms with Crippen molar-refractivity contribution in [3.05, 3.63) is 80.4 Å². The molecule has 0 N–H and O–H groups in total. The molecule has 212 valence electrons. The summed E-state index contributed by atoms with van der Waals surface area (Å²) in [7, 11) is 5.85. The Morgan fingerprint density at radius 1 is 0.800 bits per heavy atom. The Morgan fingerprint density at radius 3 is 2.10 bits per heavy atom. The first-order chi connectivity index (χ1) is 19.2. The van der Waals surface area contributed by atoms with Crippen LogP contribution in [0.2, 0.25) is 0 Å². The smallest absolute Gasteiger partial charge is 0.308 e. The van der Waals surface area contributed by atoms with Crippen LogP contribution in [0.15, 0.2) is 42.5 Å². The molecule has 3 aromatic carbocycles. The fraction of sp³-hybridized carbons (Fsp3) is 0.300. The van der Waals surface area contributed by atoms with Gasteiger partial charge in [-0.05, 0) is 60.4 Å². The Morgan fingerprint density at radius 2 is 1.45 bits per heavy atom. The van der Waals surface area contributed by atoms with E-state index in [-0.39, 0.29) is 42.4 Å². The Hall–Kier alpha value is -4.73. The summed E-state index contributed by atoms with van der Waals surface area (Å²) in [6, 6.07) is 12.2. The molecule has 10 heteroatoms. The molecule has 0 fully saturated rings. The molecule has 0 aliphatic rings. The van der Waals surface area contributed by atoms with Crippen molar-refractivity contribution in [3.63, 3.8) is 0 Å². The van der Waals surface area contributed by atoms with Crippen LogP contribution in [-0.4, -0.2) is 45.9 Å². The highest BCUT2D eigenvalue weighted by atomic mass is 16.6. The van der Waals surface area contributed by atoms with E-state index in [1.54, 1.807) is 19.2 Å². The minimum Gasteiger partial charge on any atom is -0.496 e. The van der Waals surface area contributed by atoms with Crippen LogP contribution in [0.1, 0.15) is 34.2 Å². The number of esters is 1. The molecule has 0 spiro atoms. The lowest BCUT2D eigenvalue weighted by Crippen LogP contribution is -2.09. The van der Waals surface area contributed by atoms with Gasteiger partial charge in [0.1, 0.15) is 12.4 Å². The molecule has 0 bridgehead atoms. The van der Waals surface area contributed by atoms with Crippen LogP contribution >= 0.6 is 0 Å². The second kappa shape index (κ2) is 13.9. The van der Waals surface area contributed by atoms with Crippen molar-refractivity contribution in [2.75, 3.05) is 35.0 Å². The van der Waals surface area contributed by atoms with E-state index in [1.165, 1.54) is 33.5 Å². The number of carbonyl (C=O) groups is 1. The van der Waals surface area contributed by atoms with Crippen LogP contribution in [0.25, 0.3) is 12.2 Å². The topological polar surface area (TPSA) is 116 Å². The summed E-state index contributed by atoms with van der Waals surface area (Å²) in [5.74, 6) is 1.64. The van der Waals surface area contributed by atoms with Crippen molar-refractivity contribution < 1.29 is 38.1 Å². The molecule has 10 nitrogen and oxygen atoms in total. The normalized spacial score (nSPS) is 10.8. The Labute approximate surface area is 233 Å². The number of ether oxygens (including phenoxy) is 6. The molecule has 0 saturated carbocycles. The average molecular weight is 552 g/mol. The van der Waals surface area contributed by atoms with E-state index in [2.05, 4.69) is 10.8 Å². The number of nitro benzene ring substituents is 1. The summed E-state index contributed by atoms with van der Waals surface area (Å²) >= 11 is 0. The number of carbonyl (C=O) groups excluding carboxylic acids is 1.